The number of rotatable bonds is 3. The van der Waals surface area contributed by atoms with Gasteiger partial charge in [-0.3, -0.25) is 4.79 Å². The van der Waals surface area contributed by atoms with Gasteiger partial charge < -0.3 is 9.32 Å². The van der Waals surface area contributed by atoms with Gasteiger partial charge in [0, 0.05) is 17.5 Å². The summed E-state index contributed by atoms with van der Waals surface area (Å²) >= 11 is 1.78. The van der Waals surface area contributed by atoms with E-state index in [0.29, 0.717) is 5.76 Å². The number of hydrogen-bond acceptors (Lipinski definition) is 3. The Labute approximate surface area is 144 Å². The van der Waals surface area contributed by atoms with Gasteiger partial charge in [-0.05, 0) is 47.2 Å². The van der Waals surface area contributed by atoms with Crippen LogP contribution in [0, 0.1) is 0 Å². The molecule has 3 aromatic rings. The number of benzene rings is 1. The van der Waals surface area contributed by atoms with Gasteiger partial charge in [-0.25, -0.2) is 0 Å². The molecule has 1 aromatic carbocycles. The van der Waals surface area contributed by atoms with Crippen molar-refractivity contribution in [3.8, 4) is 0 Å². The van der Waals surface area contributed by atoms with Gasteiger partial charge in [0.05, 0.1) is 12.3 Å². The molecule has 4 rings (SSSR count). The molecule has 1 atom stereocenters. The minimum absolute atomic E-state index is 0.0112. The standard InChI is InChI=1S/C20H17NO2S/c22-19(9-8-16-7-4-13-23-16)21-12-10-18-17(11-14-24-18)20(21)15-5-2-1-3-6-15/h1-9,11,13-14,20H,10,12H2. The van der Waals surface area contributed by atoms with E-state index < -0.39 is 0 Å². The van der Waals surface area contributed by atoms with Crippen LogP contribution in [0.2, 0.25) is 0 Å². The third-order valence-electron chi connectivity index (χ3n) is 4.30. The monoisotopic (exact) mass is 335 g/mol. The number of fused-ring (bicyclic) bond motifs is 1. The van der Waals surface area contributed by atoms with Gasteiger partial charge >= 0.3 is 0 Å². The summed E-state index contributed by atoms with van der Waals surface area (Å²) in [4.78, 5) is 16.1. The molecule has 2 aromatic heterocycles. The molecule has 1 aliphatic heterocycles. The summed E-state index contributed by atoms with van der Waals surface area (Å²) in [6.45, 7) is 0.731. The van der Waals surface area contributed by atoms with Crippen LogP contribution in [0.5, 0.6) is 0 Å². The quantitative estimate of drug-likeness (QED) is 0.659. The van der Waals surface area contributed by atoms with Crippen LogP contribution >= 0.6 is 11.3 Å². The average molecular weight is 335 g/mol. The predicted molar refractivity (Wildman–Crippen MR) is 95.8 cm³/mol. The smallest absolute Gasteiger partial charge is 0.247 e. The molecular formula is C20H17NO2S. The van der Waals surface area contributed by atoms with Gasteiger partial charge in [0.25, 0.3) is 0 Å². The summed E-state index contributed by atoms with van der Waals surface area (Å²) in [5, 5.41) is 2.12. The van der Waals surface area contributed by atoms with E-state index in [2.05, 4.69) is 23.6 Å². The summed E-state index contributed by atoms with van der Waals surface area (Å²) in [6.07, 6.45) is 5.85. The Kier molecular flexibility index (Phi) is 4.05. The molecule has 0 saturated heterocycles. The highest BCUT2D eigenvalue weighted by Gasteiger charge is 2.31. The van der Waals surface area contributed by atoms with E-state index in [1.807, 2.05) is 35.2 Å². The zero-order valence-corrected chi connectivity index (χ0v) is 13.9. The molecule has 3 heterocycles. The van der Waals surface area contributed by atoms with E-state index in [4.69, 9.17) is 4.42 Å². The number of carbonyl (C=O) groups is 1. The molecule has 1 unspecified atom stereocenters. The molecule has 1 amide bonds. The average Bonchev–Trinajstić information content (AvgIpc) is 3.30. The Balaban J connectivity index is 1.67. The van der Waals surface area contributed by atoms with Crippen molar-refractivity contribution in [2.75, 3.05) is 6.54 Å². The lowest BCUT2D eigenvalue weighted by atomic mass is 9.93. The van der Waals surface area contributed by atoms with Crippen LogP contribution < -0.4 is 0 Å². The zero-order valence-electron chi connectivity index (χ0n) is 13.1. The number of hydrogen-bond donors (Lipinski definition) is 0. The highest BCUT2D eigenvalue weighted by molar-refractivity contribution is 7.10. The molecule has 0 spiro atoms. The van der Waals surface area contributed by atoms with Crippen LogP contribution in [0.4, 0.5) is 0 Å². The Hall–Kier alpha value is -2.59. The third-order valence-corrected chi connectivity index (χ3v) is 5.29. The van der Waals surface area contributed by atoms with E-state index in [-0.39, 0.29) is 11.9 Å². The minimum atomic E-state index is -0.0186. The SMILES string of the molecule is O=C(C=Cc1ccco1)N1CCc2sccc2C1c1ccccc1. The van der Waals surface area contributed by atoms with Gasteiger partial charge in [-0.15, -0.1) is 11.3 Å². The second kappa shape index (κ2) is 6.49. The summed E-state index contributed by atoms with van der Waals surface area (Å²) in [6, 6.07) is 16.0. The van der Waals surface area contributed by atoms with Crippen molar-refractivity contribution in [3.63, 3.8) is 0 Å². The fourth-order valence-corrected chi connectivity index (χ4v) is 4.09. The van der Waals surface area contributed by atoms with Crippen molar-refractivity contribution in [2.24, 2.45) is 0 Å². The topological polar surface area (TPSA) is 33.5 Å². The first-order valence-electron chi connectivity index (χ1n) is 7.96. The molecule has 0 saturated carbocycles. The molecule has 1 aliphatic rings. The maximum absolute atomic E-state index is 12.8. The summed E-state index contributed by atoms with van der Waals surface area (Å²) in [5.74, 6) is 0.699. The molecule has 0 aliphatic carbocycles. The summed E-state index contributed by atoms with van der Waals surface area (Å²) in [7, 11) is 0. The maximum atomic E-state index is 12.8. The fourth-order valence-electron chi connectivity index (χ4n) is 3.18. The number of furan rings is 1. The van der Waals surface area contributed by atoms with Crippen LogP contribution in [0.1, 0.15) is 27.8 Å². The second-order valence-corrected chi connectivity index (χ2v) is 6.74. The molecule has 0 N–H and O–H groups in total. The van der Waals surface area contributed by atoms with E-state index in [9.17, 15) is 4.79 Å². The van der Waals surface area contributed by atoms with E-state index in [0.717, 1.165) is 18.5 Å². The normalized spacial score (nSPS) is 17.2. The molecule has 120 valence electrons. The highest BCUT2D eigenvalue weighted by atomic mass is 32.1. The van der Waals surface area contributed by atoms with Crippen LogP contribution in [0.25, 0.3) is 6.08 Å². The van der Waals surface area contributed by atoms with Gasteiger partial charge in [0.15, 0.2) is 0 Å². The van der Waals surface area contributed by atoms with Crippen molar-refractivity contribution in [1.82, 2.24) is 4.90 Å². The van der Waals surface area contributed by atoms with Crippen molar-refractivity contribution >= 4 is 23.3 Å². The predicted octanol–water partition coefficient (Wildman–Crippen LogP) is 4.53. The van der Waals surface area contributed by atoms with Gasteiger partial charge in [0.1, 0.15) is 5.76 Å². The fraction of sp³-hybridized carbons (Fsp3) is 0.150. The Bertz CT molecular complexity index is 849. The summed E-state index contributed by atoms with van der Waals surface area (Å²) < 4.78 is 5.27. The van der Waals surface area contributed by atoms with Crippen molar-refractivity contribution in [2.45, 2.75) is 12.5 Å². The van der Waals surface area contributed by atoms with Crippen LogP contribution in [-0.4, -0.2) is 17.4 Å². The van der Waals surface area contributed by atoms with Crippen LogP contribution in [-0.2, 0) is 11.2 Å². The third kappa shape index (κ3) is 2.81. The van der Waals surface area contributed by atoms with Crippen molar-refractivity contribution in [1.29, 1.82) is 0 Å². The zero-order chi connectivity index (χ0) is 16.4. The number of nitrogens with zero attached hydrogens (tertiary/aromatic N) is 1. The molecule has 0 bridgehead atoms. The largest absolute Gasteiger partial charge is 0.465 e. The maximum Gasteiger partial charge on any atom is 0.247 e. The Morgan fingerprint density at radius 1 is 1.17 bits per heavy atom. The highest BCUT2D eigenvalue weighted by Crippen LogP contribution is 2.37. The molecule has 4 heteroatoms. The Morgan fingerprint density at radius 2 is 2.04 bits per heavy atom. The molecule has 24 heavy (non-hydrogen) atoms. The van der Waals surface area contributed by atoms with Gasteiger partial charge in [-0.2, -0.15) is 0 Å². The lowest BCUT2D eigenvalue weighted by molar-refractivity contribution is -0.127. The molecular weight excluding hydrogens is 318 g/mol. The molecule has 3 nitrogen and oxygen atoms in total. The minimum Gasteiger partial charge on any atom is -0.465 e. The number of amides is 1. The van der Waals surface area contributed by atoms with Gasteiger partial charge in [0.2, 0.25) is 5.91 Å². The van der Waals surface area contributed by atoms with Gasteiger partial charge in [-0.1, -0.05) is 30.3 Å². The molecule has 0 radical (unpaired) electrons. The first-order valence-corrected chi connectivity index (χ1v) is 8.84. The Morgan fingerprint density at radius 3 is 2.83 bits per heavy atom. The summed E-state index contributed by atoms with van der Waals surface area (Å²) in [5.41, 5.74) is 2.40. The first kappa shape index (κ1) is 15.0. The van der Waals surface area contributed by atoms with Crippen molar-refractivity contribution < 1.29 is 9.21 Å². The number of thiophene rings is 1. The van der Waals surface area contributed by atoms with Crippen LogP contribution in [0.3, 0.4) is 0 Å². The van der Waals surface area contributed by atoms with Crippen LogP contribution in [0.15, 0.2) is 70.7 Å². The second-order valence-electron chi connectivity index (χ2n) is 5.74. The number of carbonyl (C=O) groups excluding carboxylic acids is 1. The van der Waals surface area contributed by atoms with Crippen molar-refractivity contribution in [3.05, 3.63) is 88.0 Å². The van der Waals surface area contributed by atoms with E-state index in [1.165, 1.54) is 10.4 Å². The molecule has 0 fully saturated rings. The lowest BCUT2D eigenvalue weighted by Crippen LogP contribution is -2.39. The lowest BCUT2D eigenvalue weighted by Gasteiger charge is -2.35. The van der Waals surface area contributed by atoms with E-state index in [1.54, 1.807) is 29.8 Å². The first-order chi connectivity index (χ1) is 11.8. The van der Waals surface area contributed by atoms with E-state index >= 15 is 0 Å².